The fourth-order valence-electron chi connectivity index (χ4n) is 0.907. The smallest absolute Gasteiger partial charge is 0.387 e. The lowest BCUT2D eigenvalue weighted by Gasteiger charge is -2.04. The van der Waals surface area contributed by atoms with Crippen LogP contribution < -0.4 is 16.0 Å². The number of rotatable bonds is 4. The lowest BCUT2D eigenvalue weighted by molar-refractivity contribution is -0.0498. The number of halogens is 4. The van der Waals surface area contributed by atoms with Crippen molar-refractivity contribution in [2.24, 2.45) is 5.84 Å². The number of hydrazine groups is 1. The maximum absolute atomic E-state index is 11.7. The molecule has 0 saturated heterocycles. The second kappa shape index (κ2) is 8.67. The Kier molecular flexibility index (Phi) is 9.71. The van der Waals surface area contributed by atoms with E-state index < -0.39 is 6.61 Å². The molecule has 0 saturated carbocycles. The van der Waals surface area contributed by atoms with E-state index in [1.54, 1.807) is 12.1 Å². The van der Waals surface area contributed by atoms with Crippen molar-refractivity contribution in [3.8, 4) is 5.75 Å². The topological polar surface area (TPSA) is 47.3 Å². The molecule has 1 aromatic carbocycles. The summed E-state index contributed by atoms with van der Waals surface area (Å²) in [5, 5.41) is 0. The third-order valence-electron chi connectivity index (χ3n) is 1.45. The van der Waals surface area contributed by atoms with Crippen LogP contribution >= 0.6 is 24.8 Å². The Balaban J connectivity index is 0. The zero-order valence-electron chi connectivity index (χ0n) is 7.65. The van der Waals surface area contributed by atoms with Gasteiger partial charge in [0, 0.05) is 6.54 Å². The van der Waals surface area contributed by atoms with Gasteiger partial charge in [0.1, 0.15) is 5.75 Å². The minimum Gasteiger partial charge on any atom is -0.435 e. The zero-order valence-corrected chi connectivity index (χ0v) is 9.28. The van der Waals surface area contributed by atoms with Crippen molar-refractivity contribution < 1.29 is 13.5 Å². The zero-order chi connectivity index (χ0) is 9.68. The van der Waals surface area contributed by atoms with Crippen molar-refractivity contribution >= 4 is 24.8 Å². The standard InChI is InChI=1S/C8H10F2N2O.2ClH/c9-8(10)13-7-3-1-6(2-4-7)5-12-11;;/h1-4,8,12H,5,11H2;2*1H. The Morgan fingerprint density at radius 3 is 2.13 bits per heavy atom. The van der Waals surface area contributed by atoms with E-state index in [0.717, 1.165) is 5.56 Å². The summed E-state index contributed by atoms with van der Waals surface area (Å²) in [5.41, 5.74) is 3.36. The van der Waals surface area contributed by atoms with E-state index in [9.17, 15) is 8.78 Å². The summed E-state index contributed by atoms with van der Waals surface area (Å²) in [6.45, 7) is -2.28. The van der Waals surface area contributed by atoms with Crippen molar-refractivity contribution in [3.05, 3.63) is 29.8 Å². The van der Waals surface area contributed by atoms with Crippen LogP contribution in [0.2, 0.25) is 0 Å². The van der Waals surface area contributed by atoms with Crippen LogP contribution in [0.1, 0.15) is 5.56 Å². The van der Waals surface area contributed by atoms with E-state index in [1.165, 1.54) is 12.1 Å². The molecule has 7 heteroatoms. The third-order valence-corrected chi connectivity index (χ3v) is 1.45. The molecule has 0 spiro atoms. The van der Waals surface area contributed by atoms with Crippen LogP contribution in [0.3, 0.4) is 0 Å². The number of alkyl halides is 2. The number of hydrogen-bond acceptors (Lipinski definition) is 3. The van der Waals surface area contributed by atoms with Crippen molar-refractivity contribution in [2.75, 3.05) is 0 Å². The van der Waals surface area contributed by atoms with Gasteiger partial charge < -0.3 is 4.74 Å². The van der Waals surface area contributed by atoms with Gasteiger partial charge in [-0.25, -0.2) is 0 Å². The maximum atomic E-state index is 11.7. The second-order valence-electron chi connectivity index (χ2n) is 2.40. The first-order chi connectivity index (χ1) is 6.22. The summed E-state index contributed by atoms with van der Waals surface area (Å²) in [5.74, 6) is 5.23. The van der Waals surface area contributed by atoms with Crippen molar-refractivity contribution in [1.82, 2.24) is 5.43 Å². The predicted octanol–water partition coefficient (Wildman–Crippen LogP) is 2.09. The van der Waals surface area contributed by atoms with E-state index in [4.69, 9.17) is 5.84 Å². The molecular weight excluding hydrogens is 249 g/mol. The molecule has 15 heavy (non-hydrogen) atoms. The Morgan fingerprint density at radius 2 is 1.73 bits per heavy atom. The number of hydrogen-bond donors (Lipinski definition) is 2. The first-order valence-electron chi connectivity index (χ1n) is 3.69. The van der Waals surface area contributed by atoms with Gasteiger partial charge in [-0.1, -0.05) is 12.1 Å². The normalized spacial score (nSPS) is 9.07. The molecule has 0 radical (unpaired) electrons. The van der Waals surface area contributed by atoms with Gasteiger partial charge >= 0.3 is 6.61 Å². The van der Waals surface area contributed by atoms with Gasteiger partial charge in [0.2, 0.25) is 0 Å². The van der Waals surface area contributed by atoms with E-state index in [2.05, 4.69) is 10.2 Å². The number of benzene rings is 1. The molecule has 0 atom stereocenters. The highest BCUT2D eigenvalue weighted by atomic mass is 35.5. The number of ether oxygens (including phenoxy) is 1. The molecule has 0 aliphatic heterocycles. The van der Waals surface area contributed by atoms with Crippen LogP contribution in [0.15, 0.2) is 24.3 Å². The highest BCUT2D eigenvalue weighted by molar-refractivity contribution is 5.85. The fourth-order valence-corrected chi connectivity index (χ4v) is 0.907. The minimum absolute atomic E-state index is 0. The van der Waals surface area contributed by atoms with Crippen molar-refractivity contribution in [2.45, 2.75) is 13.2 Å². The Morgan fingerprint density at radius 1 is 1.20 bits per heavy atom. The summed E-state index contributed by atoms with van der Waals surface area (Å²) in [4.78, 5) is 0. The highest BCUT2D eigenvalue weighted by Crippen LogP contribution is 2.14. The molecule has 0 aliphatic carbocycles. The molecule has 88 valence electrons. The molecule has 3 nitrogen and oxygen atoms in total. The number of nitrogens with two attached hydrogens (primary N) is 1. The van der Waals surface area contributed by atoms with E-state index in [-0.39, 0.29) is 30.6 Å². The molecule has 0 heterocycles. The van der Waals surface area contributed by atoms with E-state index >= 15 is 0 Å². The SMILES string of the molecule is Cl.Cl.NNCc1ccc(OC(F)F)cc1. The second-order valence-corrected chi connectivity index (χ2v) is 2.40. The molecule has 0 aromatic heterocycles. The maximum Gasteiger partial charge on any atom is 0.387 e. The van der Waals surface area contributed by atoms with Gasteiger partial charge in [-0.3, -0.25) is 11.3 Å². The molecular formula is C8H12Cl2F2N2O. The summed E-state index contributed by atoms with van der Waals surface area (Å²) in [7, 11) is 0. The van der Waals surface area contributed by atoms with Crippen LogP contribution in [0.25, 0.3) is 0 Å². The molecule has 1 aromatic rings. The van der Waals surface area contributed by atoms with Gasteiger partial charge in [-0.05, 0) is 17.7 Å². The molecule has 0 aliphatic rings. The van der Waals surface area contributed by atoms with Crippen LogP contribution in [-0.2, 0) is 6.54 Å². The van der Waals surface area contributed by atoms with Gasteiger partial charge in [-0.2, -0.15) is 8.78 Å². The quantitative estimate of drug-likeness (QED) is 0.644. The number of nitrogens with one attached hydrogen (secondary N) is 1. The summed E-state index contributed by atoms with van der Waals surface area (Å²) < 4.78 is 27.6. The van der Waals surface area contributed by atoms with E-state index in [0.29, 0.717) is 6.54 Å². The summed E-state index contributed by atoms with van der Waals surface area (Å²) in [6, 6.07) is 6.27. The van der Waals surface area contributed by atoms with Crippen LogP contribution in [0, 0.1) is 0 Å². The van der Waals surface area contributed by atoms with Gasteiger partial charge in [0.25, 0.3) is 0 Å². The molecule has 0 bridgehead atoms. The average Bonchev–Trinajstić information content (AvgIpc) is 2.08. The lowest BCUT2D eigenvalue weighted by Crippen LogP contribution is -2.20. The first-order valence-corrected chi connectivity index (χ1v) is 3.69. The molecule has 1 rings (SSSR count). The van der Waals surface area contributed by atoms with Gasteiger partial charge in [0.15, 0.2) is 0 Å². The van der Waals surface area contributed by atoms with Crippen molar-refractivity contribution in [1.29, 1.82) is 0 Å². The third kappa shape index (κ3) is 6.46. The minimum atomic E-state index is -2.78. The predicted molar refractivity (Wildman–Crippen MR) is 58.6 cm³/mol. The molecule has 0 unspecified atom stereocenters. The summed E-state index contributed by atoms with van der Waals surface area (Å²) in [6.07, 6.45) is 0. The largest absolute Gasteiger partial charge is 0.435 e. The van der Waals surface area contributed by atoms with E-state index in [1.807, 2.05) is 0 Å². The highest BCUT2D eigenvalue weighted by Gasteiger charge is 2.02. The van der Waals surface area contributed by atoms with Crippen LogP contribution in [0.4, 0.5) is 8.78 Å². The Bertz CT molecular complexity index is 259. The lowest BCUT2D eigenvalue weighted by atomic mass is 10.2. The van der Waals surface area contributed by atoms with Gasteiger partial charge in [0.05, 0.1) is 0 Å². The molecule has 0 fully saturated rings. The fraction of sp³-hybridized carbons (Fsp3) is 0.250. The Labute approximate surface area is 98.8 Å². The van der Waals surface area contributed by atoms with Gasteiger partial charge in [-0.15, -0.1) is 24.8 Å². The average molecular weight is 261 g/mol. The van der Waals surface area contributed by atoms with Crippen LogP contribution in [-0.4, -0.2) is 6.61 Å². The van der Waals surface area contributed by atoms with Crippen LogP contribution in [0.5, 0.6) is 5.75 Å². The first kappa shape index (κ1) is 16.8. The molecule has 0 amide bonds. The molecule has 3 N–H and O–H groups in total. The monoisotopic (exact) mass is 260 g/mol. The van der Waals surface area contributed by atoms with Crippen molar-refractivity contribution in [3.63, 3.8) is 0 Å². The summed E-state index contributed by atoms with van der Waals surface area (Å²) >= 11 is 0. The Hall–Kier alpha value is -0.620.